The first-order chi connectivity index (χ1) is 12.8. The maximum atomic E-state index is 11.5. The number of hydrogen-bond acceptors (Lipinski definition) is 7. The smallest absolute Gasteiger partial charge is 0.407 e. The van der Waals surface area contributed by atoms with Gasteiger partial charge in [0.1, 0.15) is 0 Å². The average molecular weight is 394 g/mol. The van der Waals surface area contributed by atoms with Crippen molar-refractivity contribution in [2.75, 3.05) is 25.9 Å². The molecule has 3 rings (SSSR count). The Bertz CT molecular complexity index is 886. The van der Waals surface area contributed by atoms with Gasteiger partial charge in [-0.15, -0.1) is 0 Å². The van der Waals surface area contributed by atoms with Crippen molar-refractivity contribution in [1.82, 2.24) is 20.4 Å². The lowest BCUT2D eigenvalue weighted by molar-refractivity contribution is 0.124. The number of hydrogen-bond donors (Lipinski definition) is 2. The van der Waals surface area contributed by atoms with Crippen molar-refractivity contribution in [2.45, 2.75) is 24.3 Å². The number of amides is 1. The minimum absolute atomic E-state index is 0.241. The van der Waals surface area contributed by atoms with E-state index in [-0.39, 0.29) is 4.90 Å². The summed E-state index contributed by atoms with van der Waals surface area (Å²) in [6, 6.07) is 6.33. The van der Waals surface area contributed by atoms with Crippen LogP contribution in [0.25, 0.3) is 11.4 Å². The second-order valence-corrected chi connectivity index (χ2v) is 8.67. The second kappa shape index (κ2) is 8.05. The molecule has 0 atom stereocenters. The van der Waals surface area contributed by atoms with Gasteiger partial charge in [-0.2, -0.15) is 4.98 Å². The van der Waals surface area contributed by atoms with E-state index >= 15 is 0 Å². The lowest BCUT2D eigenvalue weighted by atomic mass is 9.97. The molecular weight excluding hydrogens is 372 g/mol. The summed E-state index contributed by atoms with van der Waals surface area (Å²) < 4.78 is 28.2. The number of rotatable bonds is 6. The summed E-state index contributed by atoms with van der Waals surface area (Å²) in [5.41, 5.74) is 0.679. The Morgan fingerprint density at radius 2 is 1.96 bits per heavy atom. The summed E-state index contributed by atoms with van der Waals surface area (Å²) in [7, 11) is -3.24. The first kappa shape index (κ1) is 19.3. The molecule has 1 saturated heterocycles. The summed E-state index contributed by atoms with van der Waals surface area (Å²) in [5, 5.41) is 16.1. The van der Waals surface area contributed by atoms with E-state index in [9.17, 15) is 13.2 Å². The number of aromatic nitrogens is 2. The summed E-state index contributed by atoms with van der Waals surface area (Å²) in [5.74, 6) is 1.27. The van der Waals surface area contributed by atoms with E-state index in [4.69, 9.17) is 9.63 Å². The number of nitrogens with one attached hydrogen (secondary N) is 1. The van der Waals surface area contributed by atoms with Gasteiger partial charge in [0.25, 0.3) is 0 Å². The van der Waals surface area contributed by atoms with E-state index in [1.54, 1.807) is 12.1 Å². The van der Waals surface area contributed by atoms with Crippen LogP contribution in [0.2, 0.25) is 0 Å². The fourth-order valence-electron chi connectivity index (χ4n) is 3.01. The van der Waals surface area contributed by atoms with Gasteiger partial charge in [-0.1, -0.05) is 5.16 Å². The molecule has 0 bridgehead atoms. The van der Waals surface area contributed by atoms with E-state index in [0.717, 1.165) is 25.6 Å². The number of nitrogens with zero attached hydrogens (tertiary/aromatic N) is 3. The molecule has 146 valence electrons. The fourth-order valence-corrected chi connectivity index (χ4v) is 3.64. The van der Waals surface area contributed by atoms with Crippen LogP contribution in [0.5, 0.6) is 0 Å². The van der Waals surface area contributed by atoms with Crippen LogP contribution in [0.15, 0.2) is 33.7 Å². The highest BCUT2D eigenvalue weighted by molar-refractivity contribution is 7.90. The van der Waals surface area contributed by atoms with Crippen molar-refractivity contribution in [3.63, 3.8) is 0 Å². The highest BCUT2D eigenvalue weighted by Gasteiger charge is 2.22. The van der Waals surface area contributed by atoms with E-state index in [1.807, 2.05) is 0 Å². The van der Waals surface area contributed by atoms with Gasteiger partial charge in [-0.05, 0) is 49.6 Å². The summed E-state index contributed by atoms with van der Waals surface area (Å²) in [4.78, 5) is 16.9. The summed E-state index contributed by atoms with van der Waals surface area (Å²) in [6.07, 6.45) is 1.97. The van der Waals surface area contributed by atoms with Gasteiger partial charge < -0.3 is 19.8 Å². The molecule has 1 fully saturated rings. The standard InChI is InChI=1S/C17H22N4O5S/c1-27(24,25)14-4-2-13(3-5-14)16-19-15(26-20-16)11-18-10-12-6-8-21(9-7-12)17(22)23/h2-5,12,18H,6-11H2,1H3,(H,22,23). The number of carboxylic acid groups (broad SMARTS) is 1. The molecule has 1 aromatic carbocycles. The molecule has 1 aliphatic rings. The predicted octanol–water partition coefficient (Wildman–Crippen LogP) is 1.62. The molecule has 2 heterocycles. The van der Waals surface area contributed by atoms with Crippen LogP contribution in [0.1, 0.15) is 18.7 Å². The molecule has 0 radical (unpaired) electrons. The maximum absolute atomic E-state index is 11.5. The summed E-state index contributed by atoms with van der Waals surface area (Å²) >= 11 is 0. The molecule has 2 N–H and O–H groups in total. The SMILES string of the molecule is CS(=O)(=O)c1ccc(-c2noc(CNCC3CCN(C(=O)O)CC3)n2)cc1. The fraction of sp³-hybridized carbons (Fsp3) is 0.471. The quantitative estimate of drug-likeness (QED) is 0.757. The molecule has 0 saturated carbocycles. The molecular formula is C17H22N4O5S. The zero-order valence-electron chi connectivity index (χ0n) is 15.0. The van der Waals surface area contributed by atoms with Crippen LogP contribution in [0.4, 0.5) is 4.79 Å². The normalized spacial score (nSPS) is 15.8. The molecule has 10 heteroatoms. The van der Waals surface area contributed by atoms with Gasteiger partial charge in [0.15, 0.2) is 9.84 Å². The number of piperidine rings is 1. The first-order valence-electron chi connectivity index (χ1n) is 8.64. The number of carbonyl (C=O) groups is 1. The predicted molar refractivity (Wildman–Crippen MR) is 96.9 cm³/mol. The third-order valence-corrected chi connectivity index (χ3v) is 5.73. The zero-order valence-corrected chi connectivity index (χ0v) is 15.8. The molecule has 0 spiro atoms. The Kier molecular flexibility index (Phi) is 5.76. The van der Waals surface area contributed by atoms with Gasteiger partial charge >= 0.3 is 6.09 Å². The number of benzene rings is 1. The van der Waals surface area contributed by atoms with Crippen molar-refractivity contribution in [3.8, 4) is 11.4 Å². The molecule has 2 aromatic rings. The van der Waals surface area contributed by atoms with E-state index in [0.29, 0.717) is 42.8 Å². The third kappa shape index (κ3) is 5.04. The van der Waals surface area contributed by atoms with Crippen LogP contribution in [-0.2, 0) is 16.4 Å². The minimum atomic E-state index is -3.24. The van der Waals surface area contributed by atoms with Crippen molar-refractivity contribution < 1.29 is 22.8 Å². The van der Waals surface area contributed by atoms with Gasteiger partial charge in [-0.3, -0.25) is 0 Å². The van der Waals surface area contributed by atoms with Crippen molar-refractivity contribution >= 4 is 15.9 Å². The van der Waals surface area contributed by atoms with Crippen LogP contribution in [0, 0.1) is 5.92 Å². The van der Waals surface area contributed by atoms with Crippen LogP contribution < -0.4 is 5.32 Å². The van der Waals surface area contributed by atoms with Crippen LogP contribution in [0.3, 0.4) is 0 Å². The monoisotopic (exact) mass is 394 g/mol. The van der Waals surface area contributed by atoms with Crippen molar-refractivity contribution in [3.05, 3.63) is 30.2 Å². The maximum Gasteiger partial charge on any atom is 0.407 e. The van der Waals surface area contributed by atoms with Crippen molar-refractivity contribution in [1.29, 1.82) is 0 Å². The minimum Gasteiger partial charge on any atom is -0.465 e. The van der Waals surface area contributed by atoms with Crippen LogP contribution in [-0.4, -0.2) is 60.5 Å². The van der Waals surface area contributed by atoms with Crippen molar-refractivity contribution in [2.24, 2.45) is 5.92 Å². The molecule has 1 amide bonds. The van der Waals surface area contributed by atoms with Gasteiger partial charge in [0.2, 0.25) is 11.7 Å². The second-order valence-electron chi connectivity index (χ2n) is 6.65. The Morgan fingerprint density at radius 1 is 1.30 bits per heavy atom. The third-order valence-electron chi connectivity index (χ3n) is 4.60. The zero-order chi connectivity index (χ0) is 19.4. The van der Waals surface area contributed by atoms with E-state index in [1.165, 1.54) is 17.0 Å². The van der Waals surface area contributed by atoms with E-state index < -0.39 is 15.9 Å². The van der Waals surface area contributed by atoms with Crippen LogP contribution >= 0.6 is 0 Å². The number of sulfone groups is 1. The Labute approximate surface area is 157 Å². The molecule has 9 nitrogen and oxygen atoms in total. The molecule has 27 heavy (non-hydrogen) atoms. The first-order valence-corrected chi connectivity index (χ1v) is 10.5. The Morgan fingerprint density at radius 3 is 2.56 bits per heavy atom. The molecule has 1 aliphatic heterocycles. The molecule has 0 aliphatic carbocycles. The number of likely N-dealkylation sites (tertiary alicyclic amines) is 1. The molecule has 1 aromatic heterocycles. The van der Waals surface area contributed by atoms with Gasteiger partial charge in [0, 0.05) is 24.9 Å². The summed E-state index contributed by atoms with van der Waals surface area (Å²) in [6.45, 7) is 2.31. The highest BCUT2D eigenvalue weighted by Crippen LogP contribution is 2.19. The molecule has 0 unspecified atom stereocenters. The average Bonchev–Trinajstić information content (AvgIpc) is 3.10. The lowest BCUT2D eigenvalue weighted by Crippen LogP contribution is -2.39. The topological polar surface area (TPSA) is 126 Å². The largest absolute Gasteiger partial charge is 0.465 e. The Balaban J connectivity index is 1.49. The Hall–Kier alpha value is -2.46. The van der Waals surface area contributed by atoms with Gasteiger partial charge in [0.05, 0.1) is 11.4 Å². The highest BCUT2D eigenvalue weighted by atomic mass is 32.2. The lowest BCUT2D eigenvalue weighted by Gasteiger charge is -2.29. The van der Waals surface area contributed by atoms with E-state index in [2.05, 4.69) is 15.5 Å². The van der Waals surface area contributed by atoms with Gasteiger partial charge in [-0.25, -0.2) is 13.2 Å².